The molecule has 0 aromatic rings. The molecule has 14 heavy (non-hydrogen) atoms. The molecule has 0 amide bonds. The predicted octanol–water partition coefficient (Wildman–Crippen LogP) is 0.864. The Balaban J connectivity index is 2.21. The van der Waals surface area contributed by atoms with Gasteiger partial charge in [-0.05, 0) is 45.1 Å². The maximum atomic E-state index is 8.73. The second-order valence-electron chi connectivity index (χ2n) is 4.47. The molecule has 3 unspecified atom stereocenters. The Bertz CT molecular complexity index is 152. The fourth-order valence-electron chi connectivity index (χ4n) is 2.38. The molecule has 3 heteroatoms. The summed E-state index contributed by atoms with van der Waals surface area (Å²) in [6, 6.07) is 1.13. The highest BCUT2D eigenvalue weighted by Crippen LogP contribution is 2.25. The number of aliphatic hydroxyl groups excluding tert-OH is 1. The molecule has 1 aliphatic rings. The minimum atomic E-state index is 0.303. The van der Waals surface area contributed by atoms with E-state index in [1.54, 1.807) is 0 Å². The van der Waals surface area contributed by atoms with Gasteiger partial charge in [-0.2, -0.15) is 0 Å². The molecule has 0 spiro atoms. The summed E-state index contributed by atoms with van der Waals surface area (Å²) in [6.45, 7) is 3.31. The summed E-state index contributed by atoms with van der Waals surface area (Å²) in [6.07, 6.45) is 5.82. The Kier molecular flexibility index (Phi) is 5.45. The van der Waals surface area contributed by atoms with Crippen molar-refractivity contribution in [1.29, 1.82) is 0 Å². The van der Waals surface area contributed by atoms with Gasteiger partial charge in [0.1, 0.15) is 0 Å². The molecule has 0 aromatic carbocycles. The van der Waals surface area contributed by atoms with Gasteiger partial charge in [0.05, 0.1) is 0 Å². The highest BCUT2D eigenvalue weighted by atomic mass is 16.2. The first-order chi connectivity index (χ1) is 6.77. The zero-order valence-corrected chi connectivity index (χ0v) is 9.21. The Morgan fingerprint density at radius 2 is 2.29 bits per heavy atom. The maximum absolute atomic E-state index is 8.73. The molecule has 0 radical (unpaired) electrons. The van der Waals surface area contributed by atoms with Crippen molar-refractivity contribution >= 4 is 0 Å². The molecule has 3 nitrogen and oxygen atoms in total. The van der Waals surface area contributed by atoms with Gasteiger partial charge < -0.3 is 16.2 Å². The van der Waals surface area contributed by atoms with E-state index in [1.807, 2.05) is 0 Å². The average Bonchev–Trinajstić information content (AvgIpc) is 2.62. The average molecular weight is 200 g/mol. The topological polar surface area (TPSA) is 58.3 Å². The fourth-order valence-corrected chi connectivity index (χ4v) is 2.38. The number of nitrogens with one attached hydrogen (secondary N) is 1. The van der Waals surface area contributed by atoms with Crippen LogP contribution in [0.25, 0.3) is 0 Å². The lowest BCUT2D eigenvalue weighted by molar-refractivity contribution is 0.269. The zero-order chi connectivity index (χ0) is 10.4. The molecular weight excluding hydrogens is 176 g/mol. The van der Waals surface area contributed by atoms with Gasteiger partial charge in [-0.15, -0.1) is 0 Å². The van der Waals surface area contributed by atoms with Crippen molar-refractivity contribution in [3.63, 3.8) is 0 Å². The van der Waals surface area contributed by atoms with E-state index in [1.165, 1.54) is 19.3 Å². The van der Waals surface area contributed by atoms with Crippen LogP contribution in [0.4, 0.5) is 0 Å². The molecule has 1 saturated carbocycles. The Labute approximate surface area is 87.1 Å². The van der Waals surface area contributed by atoms with Crippen LogP contribution in [0.1, 0.15) is 39.0 Å². The Morgan fingerprint density at radius 1 is 1.50 bits per heavy atom. The standard InChI is InChI=1S/C11H24N2O/c1-9(4-3-7-14)13-11-6-2-5-10(11)8-12/h9-11,13-14H,2-8,12H2,1H3. The van der Waals surface area contributed by atoms with E-state index in [0.29, 0.717) is 24.6 Å². The van der Waals surface area contributed by atoms with Gasteiger partial charge in [-0.3, -0.25) is 0 Å². The van der Waals surface area contributed by atoms with Crippen molar-refractivity contribution in [1.82, 2.24) is 5.32 Å². The molecule has 84 valence electrons. The number of nitrogens with two attached hydrogens (primary N) is 1. The molecule has 4 N–H and O–H groups in total. The zero-order valence-electron chi connectivity index (χ0n) is 9.21. The molecular formula is C11H24N2O. The van der Waals surface area contributed by atoms with Crippen molar-refractivity contribution in [3.8, 4) is 0 Å². The molecule has 1 aliphatic carbocycles. The van der Waals surface area contributed by atoms with E-state index in [9.17, 15) is 0 Å². The lowest BCUT2D eigenvalue weighted by Gasteiger charge is -2.24. The van der Waals surface area contributed by atoms with Crippen molar-refractivity contribution in [2.45, 2.75) is 51.1 Å². The number of hydrogen-bond acceptors (Lipinski definition) is 3. The minimum Gasteiger partial charge on any atom is -0.396 e. The molecule has 0 aliphatic heterocycles. The van der Waals surface area contributed by atoms with E-state index in [4.69, 9.17) is 10.8 Å². The second kappa shape index (κ2) is 6.38. The summed E-state index contributed by atoms with van der Waals surface area (Å²) >= 11 is 0. The quantitative estimate of drug-likeness (QED) is 0.596. The molecule has 1 rings (SSSR count). The van der Waals surface area contributed by atoms with Crippen molar-refractivity contribution in [2.24, 2.45) is 11.7 Å². The molecule has 1 fully saturated rings. The van der Waals surface area contributed by atoms with Crippen molar-refractivity contribution in [3.05, 3.63) is 0 Å². The van der Waals surface area contributed by atoms with Gasteiger partial charge in [-0.1, -0.05) is 6.42 Å². The van der Waals surface area contributed by atoms with Crippen molar-refractivity contribution < 1.29 is 5.11 Å². The van der Waals surface area contributed by atoms with Crippen LogP contribution >= 0.6 is 0 Å². The van der Waals surface area contributed by atoms with E-state index in [-0.39, 0.29) is 0 Å². The first kappa shape index (κ1) is 12.0. The monoisotopic (exact) mass is 200 g/mol. The number of rotatable bonds is 6. The largest absolute Gasteiger partial charge is 0.396 e. The van der Waals surface area contributed by atoms with Crippen LogP contribution in [0.5, 0.6) is 0 Å². The van der Waals surface area contributed by atoms with E-state index < -0.39 is 0 Å². The third-order valence-electron chi connectivity index (χ3n) is 3.26. The van der Waals surface area contributed by atoms with Crippen LogP contribution in [0.2, 0.25) is 0 Å². The van der Waals surface area contributed by atoms with Crippen LogP contribution in [-0.2, 0) is 0 Å². The summed E-state index contributed by atoms with van der Waals surface area (Å²) in [4.78, 5) is 0. The normalized spacial score (nSPS) is 29.4. The summed E-state index contributed by atoms with van der Waals surface area (Å²) in [5.74, 6) is 0.673. The van der Waals surface area contributed by atoms with Gasteiger partial charge in [-0.25, -0.2) is 0 Å². The molecule has 3 atom stereocenters. The van der Waals surface area contributed by atoms with Crippen LogP contribution < -0.4 is 11.1 Å². The minimum absolute atomic E-state index is 0.303. The van der Waals surface area contributed by atoms with Crippen molar-refractivity contribution in [2.75, 3.05) is 13.2 Å². The summed E-state index contributed by atoms with van der Waals surface area (Å²) < 4.78 is 0. The van der Waals surface area contributed by atoms with Gasteiger partial charge in [0.15, 0.2) is 0 Å². The molecule has 0 saturated heterocycles. The third kappa shape index (κ3) is 3.56. The first-order valence-corrected chi connectivity index (χ1v) is 5.85. The van der Waals surface area contributed by atoms with Gasteiger partial charge >= 0.3 is 0 Å². The smallest absolute Gasteiger partial charge is 0.0431 e. The van der Waals surface area contributed by atoms with Crippen LogP contribution in [-0.4, -0.2) is 30.3 Å². The number of aliphatic hydroxyl groups is 1. The molecule has 0 heterocycles. The number of hydrogen-bond donors (Lipinski definition) is 3. The van der Waals surface area contributed by atoms with Gasteiger partial charge in [0.25, 0.3) is 0 Å². The second-order valence-corrected chi connectivity index (χ2v) is 4.47. The highest BCUT2D eigenvalue weighted by molar-refractivity contribution is 4.85. The lowest BCUT2D eigenvalue weighted by atomic mass is 10.0. The third-order valence-corrected chi connectivity index (χ3v) is 3.26. The SMILES string of the molecule is CC(CCCO)NC1CCCC1CN. The summed E-state index contributed by atoms with van der Waals surface area (Å²) in [5.41, 5.74) is 5.72. The van der Waals surface area contributed by atoms with Gasteiger partial charge in [0.2, 0.25) is 0 Å². The molecule has 0 aromatic heterocycles. The fraction of sp³-hybridized carbons (Fsp3) is 1.00. The van der Waals surface area contributed by atoms with Crippen LogP contribution in [0.15, 0.2) is 0 Å². The highest BCUT2D eigenvalue weighted by Gasteiger charge is 2.26. The summed E-state index contributed by atoms with van der Waals surface area (Å²) in [7, 11) is 0. The van der Waals surface area contributed by atoms with Gasteiger partial charge in [0, 0.05) is 18.7 Å². The maximum Gasteiger partial charge on any atom is 0.0431 e. The van der Waals surface area contributed by atoms with Crippen LogP contribution in [0, 0.1) is 5.92 Å². The predicted molar refractivity (Wildman–Crippen MR) is 59.1 cm³/mol. The summed E-state index contributed by atoms with van der Waals surface area (Å²) in [5, 5.41) is 12.3. The first-order valence-electron chi connectivity index (χ1n) is 5.85. The van der Waals surface area contributed by atoms with E-state index in [0.717, 1.165) is 19.4 Å². The molecule has 0 bridgehead atoms. The lowest BCUT2D eigenvalue weighted by Crippen LogP contribution is -2.41. The Morgan fingerprint density at radius 3 is 2.93 bits per heavy atom. The Hall–Kier alpha value is -0.120. The van der Waals surface area contributed by atoms with E-state index in [2.05, 4.69) is 12.2 Å². The van der Waals surface area contributed by atoms with Crippen LogP contribution in [0.3, 0.4) is 0 Å². The van der Waals surface area contributed by atoms with E-state index >= 15 is 0 Å².